The van der Waals surface area contributed by atoms with Crippen LogP contribution in [0, 0.1) is 0 Å². The average Bonchev–Trinajstić information content (AvgIpc) is 2.75. The van der Waals surface area contributed by atoms with E-state index in [1.54, 1.807) is 12.1 Å². The number of ether oxygens (including phenoxy) is 1. The fourth-order valence-electron chi connectivity index (χ4n) is 1.62. The summed E-state index contributed by atoms with van der Waals surface area (Å²) in [4.78, 5) is 11.1. The molecule has 6 heteroatoms. The van der Waals surface area contributed by atoms with Crippen LogP contribution in [0.3, 0.4) is 0 Å². The lowest BCUT2D eigenvalue weighted by molar-refractivity contribution is 0.0680. The van der Waals surface area contributed by atoms with E-state index >= 15 is 0 Å². The molecule has 5 nitrogen and oxygen atoms in total. The number of aromatic carboxylic acids is 1. The van der Waals surface area contributed by atoms with Crippen molar-refractivity contribution in [1.82, 2.24) is 9.78 Å². The minimum Gasteiger partial charge on any atom is -0.493 e. The Morgan fingerprint density at radius 1 is 1.44 bits per heavy atom. The molecule has 0 bridgehead atoms. The zero-order valence-electron chi connectivity index (χ0n) is 9.63. The van der Waals surface area contributed by atoms with Crippen LogP contribution in [0.25, 0.3) is 0 Å². The van der Waals surface area contributed by atoms with Crippen molar-refractivity contribution < 1.29 is 14.6 Å². The van der Waals surface area contributed by atoms with Gasteiger partial charge in [-0.2, -0.15) is 5.10 Å². The van der Waals surface area contributed by atoms with Crippen LogP contribution in [-0.2, 0) is 6.54 Å². The van der Waals surface area contributed by atoms with Crippen molar-refractivity contribution in [3.05, 3.63) is 46.7 Å². The van der Waals surface area contributed by atoms with Gasteiger partial charge >= 0.3 is 5.97 Å². The van der Waals surface area contributed by atoms with Crippen LogP contribution in [-0.4, -0.2) is 28.0 Å². The SMILES string of the molecule is COc1cnn(Cc2ccc(Cl)cc2)c1C(=O)O. The summed E-state index contributed by atoms with van der Waals surface area (Å²) in [5, 5.41) is 13.8. The molecule has 0 amide bonds. The lowest BCUT2D eigenvalue weighted by atomic mass is 10.2. The van der Waals surface area contributed by atoms with Gasteiger partial charge in [-0.3, -0.25) is 4.68 Å². The van der Waals surface area contributed by atoms with Gasteiger partial charge in [0.1, 0.15) is 0 Å². The number of carboxylic acid groups (broad SMARTS) is 1. The van der Waals surface area contributed by atoms with Crippen LogP contribution in [0.1, 0.15) is 16.1 Å². The summed E-state index contributed by atoms with van der Waals surface area (Å²) < 4.78 is 6.34. The van der Waals surface area contributed by atoms with Crippen molar-refractivity contribution in [2.45, 2.75) is 6.54 Å². The number of rotatable bonds is 4. The maximum atomic E-state index is 11.1. The molecule has 0 saturated heterocycles. The average molecular weight is 267 g/mol. The molecular formula is C12H11ClN2O3. The Morgan fingerprint density at radius 2 is 2.11 bits per heavy atom. The fraction of sp³-hybridized carbons (Fsp3) is 0.167. The molecule has 0 atom stereocenters. The van der Waals surface area contributed by atoms with Crippen molar-refractivity contribution in [2.24, 2.45) is 0 Å². The highest BCUT2D eigenvalue weighted by molar-refractivity contribution is 6.30. The Balaban J connectivity index is 2.31. The van der Waals surface area contributed by atoms with Crippen molar-refractivity contribution in [2.75, 3.05) is 7.11 Å². The van der Waals surface area contributed by atoms with Crippen LogP contribution in [0.15, 0.2) is 30.5 Å². The Hall–Kier alpha value is -2.01. The number of aromatic nitrogens is 2. The van der Waals surface area contributed by atoms with Gasteiger partial charge in [0, 0.05) is 5.02 Å². The third kappa shape index (κ3) is 2.46. The number of benzene rings is 1. The first-order valence-electron chi connectivity index (χ1n) is 5.19. The zero-order valence-corrected chi connectivity index (χ0v) is 10.4. The standard InChI is InChI=1S/C12H11ClN2O3/c1-18-10-6-14-15(11(10)12(16)17)7-8-2-4-9(13)5-3-8/h2-6H,7H2,1H3,(H,16,17). The fourth-order valence-corrected chi connectivity index (χ4v) is 1.74. The predicted octanol–water partition coefficient (Wildman–Crippen LogP) is 2.29. The smallest absolute Gasteiger partial charge is 0.358 e. The molecule has 94 valence electrons. The summed E-state index contributed by atoms with van der Waals surface area (Å²) >= 11 is 5.79. The molecule has 0 unspecified atom stereocenters. The molecule has 2 rings (SSSR count). The third-order valence-electron chi connectivity index (χ3n) is 2.47. The molecule has 2 aromatic rings. The monoisotopic (exact) mass is 266 g/mol. The van der Waals surface area contributed by atoms with Gasteiger partial charge in [-0.05, 0) is 17.7 Å². The second-order valence-corrected chi connectivity index (χ2v) is 4.09. The first kappa shape index (κ1) is 12.4. The first-order chi connectivity index (χ1) is 8.61. The van der Waals surface area contributed by atoms with Crippen LogP contribution in [0.2, 0.25) is 5.02 Å². The predicted molar refractivity (Wildman–Crippen MR) is 66.3 cm³/mol. The second-order valence-electron chi connectivity index (χ2n) is 3.65. The van der Waals surface area contributed by atoms with E-state index in [1.165, 1.54) is 18.0 Å². The summed E-state index contributed by atoms with van der Waals surface area (Å²) in [5.74, 6) is -0.824. The number of carbonyl (C=O) groups is 1. The van der Waals surface area contributed by atoms with Gasteiger partial charge in [0.2, 0.25) is 0 Å². The highest BCUT2D eigenvalue weighted by Gasteiger charge is 2.18. The van der Waals surface area contributed by atoms with E-state index in [1.807, 2.05) is 12.1 Å². The molecule has 0 spiro atoms. The molecule has 0 aliphatic rings. The van der Waals surface area contributed by atoms with Gasteiger partial charge in [-0.15, -0.1) is 0 Å². The maximum Gasteiger partial charge on any atom is 0.358 e. The Morgan fingerprint density at radius 3 is 2.67 bits per heavy atom. The largest absolute Gasteiger partial charge is 0.493 e. The molecule has 1 N–H and O–H groups in total. The van der Waals surface area contributed by atoms with E-state index < -0.39 is 5.97 Å². The third-order valence-corrected chi connectivity index (χ3v) is 2.73. The van der Waals surface area contributed by atoms with Crippen LogP contribution in [0.4, 0.5) is 0 Å². The summed E-state index contributed by atoms with van der Waals surface area (Å²) in [6, 6.07) is 7.14. The number of methoxy groups -OCH3 is 1. The molecule has 1 aromatic carbocycles. The van der Waals surface area contributed by atoms with Crippen molar-refractivity contribution in [3.8, 4) is 5.75 Å². The zero-order chi connectivity index (χ0) is 13.1. The normalized spacial score (nSPS) is 10.3. The molecule has 1 aromatic heterocycles. The Bertz CT molecular complexity index is 563. The first-order valence-corrected chi connectivity index (χ1v) is 5.57. The lowest BCUT2D eigenvalue weighted by Gasteiger charge is -2.05. The molecule has 1 heterocycles. The lowest BCUT2D eigenvalue weighted by Crippen LogP contribution is -2.11. The number of hydrogen-bond donors (Lipinski definition) is 1. The van der Waals surface area contributed by atoms with Gasteiger partial charge < -0.3 is 9.84 Å². The van der Waals surface area contributed by atoms with Gasteiger partial charge in [0.05, 0.1) is 19.9 Å². The van der Waals surface area contributed by atoms with Gasteiger partial charge in [0.15, 0.2) is 11.4 Å². The molecule has 0 radical (unpaired) electrons. The highest BCUT2D eigenvalue weighted by atomic mass is 35.5. The van der Waals surface area contributed by atoms with E-state index in [4.69, 9.17) is 21.4 Å². The van der Waals surface area contributed by atoms with Gasteiger partial charge in [-0.25, -0.2) is 4.79 Å². The van der Waals surface area contributed by atoms with Gasteiger partial charge in [-0.1, -0.05) is 23.7 Å². The van der Waals surface area contributed by atoms with Crippen LogP contribution >= 0.6 is 11.6 Å². The number of hydrogen-bond acceptors (Lipinski definition) is 3. The minimum atomic E-state index is -1.07. The number of halogens is 1. The van der Waals surface area contributed by atoms with E-state index in [0.717, 1.165) is 5.56 Å². The maximum absolute atomic E-state index is 11.1. The van der Waals surface area contributed by atoms with Crippen LogP contribution < -0.4 is 4.74 Å². The van der Waals surface area contributed by atoms with Crippen molar-refractivity contribution >= 4 is 17.6 Å². The van der Waals surface area contributed by atoms with Crippen LogP contribution in [0.5, 0.6) is 5.75 Å². The molecule has 18 heavy (non-hydrogen) atoms. The summed E-state index contributed by atoms with van der Waals surface area (Å²) in [6.07, 6.45) is 1.39. The molecule has 0 aliphatic heterocycles. The molecular weight excluding hydrogens is 256 g/mol. The molecule has 0 aliphatic carbocycles. The van der Waals surface area contributed by atoms with E-state index in [-0.39, 0.29) is 11.4 Å². The van der Waals surface area contributed by atoms with Crippen molar-refractivity contribution in [3.63, 3.8) is 0 Å². The van der Waals surface area contributed by atoms with E-state index in [0.29, 0.717) is 11.6 Å². The van der Waals surface area contributed by atoms with Gasteiger partial charge in [0.25, 0.3) is 0 Å². The minimum absolute atomic E-state index is 0.0347. The topological polar surface area (TPSA) is 64.4 Å². The highest BCUT2D eigenvalue weighted by Crippen LogP contribution is 2.19. The summed E-state index contributed by atoms with van der Waals surface area (Å²) in [7, 11) is 1.41. The molecule has 0 fully saturated rings. The Labute approximate surface area is 109 Å². The van der Waals surface area contributed by atoms with Crippen molar-refractivity contribution in [1.29, 1.82) is 0 Å². The Kier molecular flexibility index (Phi) is 3.53. The summed E-state index contributed by atoms with van der Waals surface area (Å²) in [5.41, 5.74) is 0.945. The van der Waals surface area contributed by atoms with E-state index in [2.05, 4.69) is 5.10 Å². The van der Waals surface area contributed by atoms with E-state index in [9.17, 15) is 4.79 Å². The second kappa shape index (κ2) is 5.10. The summed E-state index contributed by atoms with van der Waals surface area (Å²) in [6.45, 7) is 0.349. The quantitative estimate of drug-likeness (QED) is 0.922. The number of carboxylic acids is 1. The number of nitrogens with zero attached hydrogens (tertiary/aromatic N) is 2. The molecule has 0 saturated carbocycles.